The molecule has 0 atom stereocenters. The first-order valence-corrected chi connectivity index (χ1v) is 14.1. The maximum atomic E-state index is 13.6. The predicted molar refractivity (Wildman–Crippen MR) is 140 cm³/mol. The number of hydrogen-bond acceptors (Lipinski definition) is 5. The summed E-state index contributed by atoms with van der Waals surface area (Å²) in [7, 11) is -6.12. The summed E-state index contributed by atoms with van der Waals surface area (Å²) in [4.78, 5) is 13.1. The zero-order valence-corrected chi connectivity index (χ0v) is 21.9. The first kappa shape index (κ1) is 26.2. The standard InChI is InChI=1S/C25H29N3O5S2/c1-18-9-11-24(12-10-18)35(32,33)28(23-14-19(2)13-20(3)15-23)17-25(29)26-21-7-6-8-22(16-21)27(4)34(5,30)31/h6-16H,17H2,1-5H3,(H,26,29). The molecule has 10 heteroatoms. The van der Waals surface area contributed by atoms with E-state index in [1.165, 1.54) is 25.2 Å². The van der Waals surface area contributed by atoms with Gasteiger partial charge in [0.25, 0.3) is 10.0 Å². The van der Waals surface area contributed by atoms with Gasteiger partial charge in [-0.15, -0.1) is 0 Å². The van der Waals surface area contributed by atoms with Gasteiger partial charge >= 0.3 is 0 Å². The first-order chi connectivity index (χ1) is 16.3. The highest BCUT2D eigenvalue weighted by Gasteiger charge is 2.27. The van der Waals surface area contributed by atoms with Crippen LogP contribution in [0.25, 0.3) is 0 Å². The topological polar surface area (TPSA) is 104 Å². The minimum Gasteiger partial charge on any atom is -0.324 e. The van der Waals surface area contributed by atoms with Gasteiger partial charge in [-0.25, -0.2) is 16.8 Å². The van der Waals surface area contributed by atoms with Crippen molar-refractivity contribution in [2.45, 2.75) is 25.7 Å². The third kappa shape index (κ3) is 6.40. The molecule has 0 bridgehead atoms. The molecule has 0 aliphatic heterocycles. The zero-order valence-electron chi connectivity index (χ0n) is 20.3. The summed E-state index contributed by atoms with van der Waals surface area (Å²) in [5.41, 5.74) is 3.73. The molecule has 1 amide bonds. The highest BCUT2D eigenvalue weighted by atomic mass is 32.2. The Kier molecular flexibility index (Phi) is 7.56. The number of hydrogen-bond donors (Lipinski definition) is 1. The average molecular weight is 516 g/mol. The summed E-state index contributed by atoms with van der Waals surface area (Å²) >= 11 is 0. The van der Waals surface area contributed by atoms with Crippen molar-refractivity contribution in [3.8, 4) is 0 Å². The van der Waals surface area contributed by atoms with Crippen molar-refractivity contribution in [1.82, 2.24) is 0 Å². The lowest BCUT2D eigenvalue weighted by molar-refractivity contribution is -0.114. The molecule has 0 aliphatic carbocycles. The summed E-state index contributed by atoms with van der Waals surface area (Å²) in [5, 5.41) is 2.68. The number of aryl methyl sites for hydroxylation is 3. The highest BCUT2D eigenvalue weighted by Crippen LogP contribution is 2.27. The molecule has 3 aromatic carbocycles. The van der Waals surface area contributed by atoms with Gasteiger partial charge in [0.1, 0.15) is 6.54 Å². The molecule has 0 aliphatic rings. The molecule has 0 radical (unpaired) electrons. The second-order valence-electron chi connectivity index (χ2n) is 8.50. The van der Waals surface area contributed by atoms with E-state index in [0.717, 1.165) is 31.6 Å². The van der Waals surface area contributed by atoms with Gasteiger partial charge < -0.3 is 5.32 Å². The van der Waals surface area contributed by atoms with Crippen molar-refractivity contribution < 1.29 is 21.6 Å². The molecule has 1 N–H and O–H groups in total. The summed E-state index contributed by atoms with van der Waals surface area (Å²) in [6.07, 6.45) is 1.08. The van der Waals surface area contributed by atoms with E-state index in [1.807, 2.05) is 26.8 Å². The van der Waals surface area contributed by atoms with Gasteiger partial charge in [-0.1, -0.05) is 29.8 Å². The maximum absolute atomic E-state index is 13.6. The summed E-state index contributed by atoms with van der Waals surface area (Å²) in [6.45, 7) is 5.11. The largest absolute Gasteiger partial charge is 0.324 e. The second kappa shape index (κ2) is 10.1. The molecule has 0 fully saturated rings. The van der Waals surface area contributed by atoms with E-state index < -0.39 is 32.5 Å². The third-order valence-electron chi connectivity index (χ3n) is 5.38. The van der Waals surface area contributed by atoms with Crippen LogP contribution < -0.4 is 13.9 Å². The second-order valence-corrected chi connectivity index (χ2v) is 12.4. The van der Waals surface area contributed by atoms with Crippen molar-refractivity contribution >= 4 is 43.0 Å². The molecule has 3 aromatic rings. The van der Waals surface area contributed by atoms with E-state index in [9.17, 15) is 21.6 Å². The molecule has 0 unspecified atom stereocenters. The molecular weight excluding hydrogens is 486 g/mol. The van der Waals surface area contributed by atoms with Crippen LogP contribution in [0.3, 0.4) is 0 Å². The van der Waals surface area contributed by atoms with Crippen LogP contribution in [0.15, 0.2) is 71.6 Å². The third-order valence-corrected chi connectivity index (χ3v) is 8.38. The van der Waals surface area contributed by atoms with Crippen LogP contribution in [0.5, 0.6) is 0 Å². The van der Waals surface area contributed by atoms with E-state index in [0.29, 0.717) is 17.1 Å². The van der Waals surface area contributed by atoms with Crippen molar-refractivity contribution in [1.29, 1.82) is 0 Å². The Bertz CT molecular complexity index is 1430. The Balaban J connectivity index is 1.95. The maximum Gasteiger partial charge on any atom is 0.264 e. The monoisotopic (exact) mass is 515 g/mol. The molecule has 186 valence electrons. The molecule has 0 saturated carbocycles. The van der Waals surface area contributed by atoms with Crippen molar-refractivity contribution in [2.75, 3.05) is 33.8 Å². The van der Waals surface area contributed by atoms with E-state index >= 15 is 0 Å². The highest BCUT2D eigenvalue weighted by molar-refractivity contribution is 7.93. The van der Waals surface area contributed by atoms with Crippen LogP contribution in [0.4, 0.5) is 17.1 Å². The number of carbonyl (C=O) groups excluding carboxylic acids is 1. The van der Waals surface area contributed by atoms with Gasteiger partial charge in [0.05, 0.1) is 22.5 Å². The van der Waals surface area contributed by atoms with Crippen molar-refractivity contribution in [3.63, 3.8) is 0 Å². The van der Waals surface area contributed by atoms with Gasteiger partial charge in [0.2, 0.25) is 15.9 Å². The number of sulfonamides is 2. The predicted octanol–water partition coefficient (Wildman–Crippen LogP) is 3.84. The average Bonchev–Trinajstić information content (AvgIpc) is 2.76. The molecule has 0 heterocycles. The SMILES string of the molecule is Cc1ccc(S(=O)(=O)N(CC(=O)Nc2cccc(N(C)S(C)(=O)=O)c2)c2cc(C)cc(C)c2)cc1. The van der Waals surface area contributed by atoms with E-state index in [-0.39, 0.29) is 4.90 Å². The molecular formula is C25H29N3O5S2. The molecule has 8 nitrogen and oxygen atoms in total. The fraction of sp³-hybridized carbons (Fsp3) is 0.240. The van der Waals surface area contributed by atoms with E-state index in [1.54, 1.807) is 42.5 Å². The molecule has 0 saturated heterocycles. The van der Waals surface area contributed by atoms with Gasteiger partial charge in [-0.2, -0.15) is 0 Å². The summed E-state index contributed by atoms with van der Waals surface area (Å²) < 4.78 is 53.0. The van der Waals surface area contributed by atoms with Crippen molar-refractivity contribution in [3.05, 3.63) is 83.4 Å². The van der Waals surface area contributed by atoms with Crippen LogP contribution in [0, 0.1) is 20.8 Å². The molecule has 3 rings (SSSR count). The molecule has 0 spiro atoms. The van der Waals surface area contributed by atoms with Crippen LogP contribution in [0.2, 0.25) is 0 Å². The van der Waals surface area contributed by atoms with Crippen LogP contribution >= 0.6 is 0 Å². The van der Waals surface area contributed by atoms with E-state index in [2.05, 4.69) is 5.32 Å². The van der Waals surface area contributed by atoms with Crippen LogP contribution in [-0.2, 0) is 24.8 Å². The minimum atomic E-state index is -4.05. The normalized spacial score (nSPS) is 11.7. The molecule has 35 heavy (non-hydrogen) atoms. The fourth-order valence-corrected chi connectivity index (χ4v) is 5.45. The minimum absolute atomic E-state index is 0.0758. The van der Waals surface area contributed by atoms with Crippen LogP contribution in [-0.4, -0.2) is 42.6 Å². The Morgan fingerprint density at radius 3 is 1.97 bits per heavy atom. The number of nitrogens with zero attached hydrogens (tertiary/aromatic N) is 2. The lowest BCUT2D eigenvalue weighted by atomic mass is 10.1. The first-order valence-electron chi connectivity index (χ1n) is 10.8. The Morgan fingerprint density at radius 2 is 1.40 bits per heavy atom. The quantitative estimate of drug-likeness (QED) is 0.491. The van der Waals surface area contributed by atoms with Gasteiger partial charge in [-0.05, 0) is 74.4 Å². The smallest absolute Gasteiger partial charge is 0.264 e. The number of rotatable bonds is 8. The number of amides is 1. The van der Waals surface area contributed by atoms with Gasteiger partial charge in [0, 0.05) is 12.7 Å². The number of anilines is 3. The number of benzene rings is 3. The zero-order chi connectivity index (χ0) is 26.0. The summed E-state index contributed by atoms with van der Waals surface area (Å²) in [5.74, 6) is -0.570. The van der Waals surface area contributed by atoms with Crippen molar-refractivity contribution in [2.24, 2.45) is 0 Å². The molecule has 0 aromatic heterocycles. The Labute approximate surface area is 207 Å². The lowest BCUT2D eigenvalue weighted by Crippen LogP contribution is -2.38. The Morgan fingerprint density at radius 1 is 0.800 bits per heavy atom. The van der Waals surface area contributed by atoms with Gasteiger partial charge in [-0.3, -0.25) is 13.4 Å². The fourth-order valence-electron chi connectivity index (χ4n) is 3.55. The van der Waals surface area contributed by atoms with Crippen LogP contribution in [0.1, 0.15) is 16.7 Å². The Hall–Kier alpha value is -3.37. The van der Waals surface area contributed by atoms with Gasteiger partial charge in [0.15, 0.2) is 0 Å². The number of nitrogens with one attached hydrogen (secondary N) is 1. The van der Waals surface area contributed by atoms with E-state index in [4.69, 9.17) is 0 Å². The number of carbonyl (C=O) groups is 1. The summed E-state index contributed by atoms with van der Waals surface area (Å²) in [6, 6.07) is 18.1. The lowest BCUT2D eigenvalue weighted by Gasteiger charge is -2.25.